The molecule has 5 heteroatoms. The van der Waals surface area contributed by atoms with Gasteiger partial charge < -0.3 is 10.3 Å². The predicted molar refractivity (Wildman–Crippen MR) is 64.2 cm³/mol. The van der Waals surface area contributed by atoms with Crippen LogP contribution in [-0.4, -0.2) is 9.55 Å². The number of hydrogen-bond acceptors (Lipinski definition) is 2. The second-order valence-corrected chi connectivity index (χ2v) is 4.32. The van der Waals surface area contributed by atoms with Crippen molar-refractivity contribution in [2.24, 2.45) is 5.73 Å². The SMILES string of the molecule is NCc1cncn1-c1ccc(Br)c(Cl)c1. The van der Waals surface area contributed by atoms with Crippen molar-refractivity contribution in [3.63, 3.8) is 0 Å². The standard InChI is InChI=1S/C10H9BrClN3/c11-9-2-1-7(3-10(9)12)15-6-14-5-8(15)4-13/h1-3,5-6H,4,13H2. The van der Waals surface area contributed by atoms with Crippen LogP contribution in [0.5, 0.6) is 0 Å². The molecular formula is C10H9BrClN3. The first-order valence-electron chi connectivity index (χ1n) is 4.39. The molecule has 3 nitrogen and oxygen atoms in total. The van der Waals surface area contributed by atoms with Crippen molar-refractivity contribution >= 4 is 27.5 Å². The van der Waals surface area contributed by atoms with Gasteiger partial charge in [-0.3, -0.25) is 0 Å². The smallest absolute Gasteiger partial charge is 0.0994 e. The van der Waals surface area contributed by atoms with Gasteiger partial charge in [-0.1, -0.05) is 11.6 Å². The van der Waals surface area contributed by atoms with E-state index in [2.05, 4.69) is 20.9 Å². The maximum atomic E-state index is 6.01. The lowest BCUT2D eigenvalue weighted by molar-refractivity contribution is 0.910. The van der Waals surface area contributed by atoms with Gasteiger partial charge >= 0.3 is 0 Å². The Morgan fingerprint density at radius 3 is 2.93 bits per heavy atom. The van der Waals surface area contributed by atoms with Crippen molar-refractivity contribution < 1.29 is 0 Å². The fourth-order valence-electron chi connectivity index (χ4n) is 1.34. The molecule has 0 fully saturated rings. The first-order valence-corrected chi connectivity index (χ1v) is 5.56. The lowest BCUT2D eigenvalue weighted by atomic mass is 10.3. The first kappa shape index (κ1) is 10.7. The van der Waals surface area contributed by atoms with Gasteiger partial charge in [0, 0.05) is 22.9 Å². The maximum absolute atomic E-state index is 6.01. The predicted octanol–water partition coefficient (Wildman–Crippen LogP) is 2.75. The van der Waals surface area contributed by atoms with Crippen LogP contribution >= 0.6 is 27.5 Å². The summed E-state index contributed by atoms with van der Waals surface area (Å²) in [6, 6.07) is 5.72. The number of halogens is 2. The van der Waals surface area contributed by atoms with Crippen molar-refractivity contribution in [2.45, 2.75) is 6.54 Å². The summed E-state index contributed by atoms with van der Waals surface area (Å²) in [5, 5.41) is 0.671. The summed E-state index contributed by atoms with van der Waals surface area (Å²) in [5.74, 6) is 0. The van der Waals surface area contributed by atoms with Crippen LogP contribution in [0.2, 0.25) is 5.02 Å². The fraction of sp³-hybridized carbons (Fsp3) is 0.100. The van der Waals surface area contributed by atoms with Crippen LogP contribution in [0.3, 0.4) is 0 Å². The Hall–Kier alpha value is -0.840. The molecule has 15 heavy (non-hydrogen) atoms. The molecular weight excluding hydrogens is 277 g/mol. The molecule has 0 spiro atoms. The fourth-order valence-corrected chi connectivity index (χ4v) is 1.76. The summed E-state index contributed by atoms with van der Waals surface area (Å²) in [6.07, 6.45) is 3.47. The highest BCUT2D eigenvalue weighted by Gasteiger charge is 2.04. The minimum absolute atomic E-state index is 0.452. The van der Waals surface area contributed by atoms with Crippen LogP contribution in [0.25, 0.3) is 5.69 Å². The molecule has 0 bridgehead atoms. The Morgan fingerprint density at radius 1 is 1.47 bits per heavy atom. The van der Waals surface area contributed by atoms with Gasteiger partial charge in [-0.05, 0) is 34.1 Å². The molecule has 0 amide bonds. The summed E-state index contributed by atoms with van der Waals surface area (Å²) < 4.78 is 2.79. The topological polar surface area (TPSA) is 43.8 Å². The van der Waals surface area contributed by atoms with Crippen LogP contribution in [0.4, 0.5) is 0 Å². The van der Waals surface area contributed by atoms with Crippen LogP contribution < -0.4 is 5.73 Å². The third-order valence-electron chi connectivity index (χ3n) is 2.11. The quantitative estimate of drug-likeness (QED) is 0.922. The van der Waals surface area contributed by atoms with Crippen LogP contribution in [0.1, 0.15) is 5.69 Å². The van der Waals surface area contributed by atoms with E-state index in [0.29, 0.717) is 11.6 Å². The Morgan fingerprint density at radius 2 is 2.27 bits per heavy atom. The Kier molecular flexibility index (Phi) is 3.09. The first-order chi connectivity index (χ1) is 7.22. The highest BCUT2D eigenvalue weighted by atomic mass is 79.9. The molecule has 1 aromatic heterocycles. The minimum Gasteiger partial charge on any atom is -0.325 e. The monoisotopic (exact) mass is 285 g/mol. The molecule has 1 aromatic carbocycles. The molecule has 0 saturated carbocycles. The summed E-state index contributed by atoms with van der Waals surface area (Å²) in [5.41, 5.74) is 7.51. The van der Waals surface area contributed by atoms with Crippen molar-refractivity contribution in [1.82, 2.24) is 9.55 Å². The van der Waals surface area contributed by atoms with Gasteiger partial charge in [-0.25, -0.2) is 4.98 Å². The summed E-state index contributed by atoms with van der Waals surface area (Å²) in [4.78, 5) is 4.05. The normalized spacial score (nSPS) is 10.6. The van der Waals surface area contributed by atoms with E-state index in [4.69, 9.17) is 17.3 Å². The van der Waals surface area contributed by atoms with Gasteiger partial charge in [-0.15, -0.1) is 0 Å². The molecule has 0 aliphatic heterocycles. The molecule has 1 heterocycles. The molecule has 2 N–H and O–H groups in total. The number of rotatable bonds is 2. The van der Waals surface area contributed by atoms with Crippen molar-refractivity contribution in [2.75, 3.05) is 0 Å². The van der Waals surface area contributed by atoms with Crippen molar-refractivity contribution in [1.29, 1.82) is 0 Å². The molecule has 2 rings (SSSR count). The van der Waals surface area contributed by atoms with E-state index in [-0.39, 0.29) is 0 Å². The lowest BCUT2D eigenvalue weighted by Crippen LogP contribution is -2.04. The van der Waals surface area contributed by atoms with E-state index >= 15 is 0 Å². The highest BCUT2D eigenvalue weighted by Crippen LogP contribution is 2.25. The van der Waals surface area contributed by atoms with E-state index in [1.165, 1.54) is 0 Å². The second kappa shape index (κ2) is 4.35. The molecule has 78 valence electrons. The summed E-state index contributed by atoms with van der Waals surface area (Å²) >= 11 is 9.36. The molecule has 0 saturated heterocycles. The number of nitrogens with two attached hydrogens (primary N) is 1. The molecule has 0 aliphatic rings. The molecule has 0 radical (unpaired) electrons. The maximum Gasteiger partial charge on any atom is 0.0994 e. The van der Waals surface area contributed by atoms with E-state index in [0.717, 1.165) is 15.9 Å². The van der Waals surface area contributed by atoms with Crippen LogP contribution in [0, 0.1) is 0 Å². The van der Waals surface area contributed by atoms with E-state index in [1.54, 1.807) is 12.5 Å². The van der Waals surface area contributed by atoms with E-state index < -0.39 is 0 Å². The van der Waals surface area contributed by atoms with Crippen molar-refractivity contribution in [3.8, 4) is 5.69 Å². The van der Waals surface area contributed by atoms with E-state index in [1.807, 2.05) is 22.8 Å². The van der Waals surface area contributed by atoms with Gasteiger partial charge in [0.1, 0.15) is 0 Å². The third-order valence-corrected chi connectivity index (χ3v) is 3.34. The molecule has 0 unspecified atom stereocenters. The van der Waals surface area contributed by atoms with Gasteiger partial charge in [0.25, 0.3) is 0 Å². The van der Waals surface area contributed by atoms with Gasteiger partial charge in [0.15, 0.2) is 0 Å². The van der Waals surface area contributed by atoms with Gasteiger partial charge in [0.05, 0.1) is 17.0 Å². The number of benzene rings is 1. The average molecular weight is 287 g/mol. The zero-order chi connectivity index (χ0) is 10.8. The number of hydrogen-bond donors (Lipinski definition) is 1. The van der Waals surface area contributed by atoms with Gasteiger partial charge in [-0.2, -0.15) is 0 Å². The number of aromatic nitrogens is 2. The average Bonchev–Trinajstić information content (AvgIpc) is 2.70. The third kappa shape index (κ3) is 2.07. The molecule has 0 aliphatic carbocycles. The Bertz CT molecular complexity index is 481. The van der Waals surface area contributed by atoms with Crippen molar-refractivity contribution in [3.05, 3.63) is 45.9 Å². The minimum atomic E-state index is 0.452. The number of imidazole rings is 1. The van der Waals surface area contributed by atoms with Crippen LogP contribution in [-0.2, 0) is 6.54 Å². The Balaban J connectivity index is 2.50. The summed E-state index contributed by atoms with van der Waals surface area (Å²) in [6.45, 7) is 0.452. The second-order valence-electron chi connectivity index (χ2n) is 3.06. The lowest BCUT2D eigenvalue weighted by Gasteiger charge is -2.07. The van der Waals surface area contributed by atoms with Crippen LogP contribution in [0.15, 0.2) is 35.2 Å². The number of nitrogens with zero attached hydrogens (tertiary/aromatic N) is 2. The Labute approximate surface area is 101 Å². The van der Waals surface area contributed by atoms with Gasteiger partial charge in [0.2, 0.25) is 0 Å². The largest absolute Gasteiger partial charge is 0.325 e. The molecule has 0 atom stereocenters. The van der Waals surface area contributed by atoms with E-state index in [9.17, 15) is 0 Å². The zero-order valence-electron chi connectivity index (χ0n) is 7.82. The highest BCUT2D eigenvalue weighted by molar-refractivity contribution is 9.10. The molecule has 2 aromatic rings. The summed E-state index contributed by atoms with van der Waals surface area (Å²) in [7, 11) is 0. The zero-order valence-corrected chi connectivity index (χ0v) is 10.2.